The molecule has 0 bridgehead atoms. The van der Waals surface area contributed by atoms with Crippen LogP contribution in [0.2, 0.25) is 0 Å². The summed E-state index contributed by atoms with van der Waals surface area (Å²) < 4.78 is 4.60. The van der Waals surface area contributed by atoms with Crippen molar-refractivity contribution in [3.8, 4) is 5.69 Å². The van der Waals surface area contributed by atoms with E-state index in [1.807, 2.05) is 30.9 Å². The van der Waals surface area contributed by atoms with Gasteiger partial charge in [0.1, 0.15) is 11.2 Å². The van der Waals surface area contributed by atoms with E-state index in [-0.39, 0.29) is 0 Å². The van der Waals surface area contributed by atoms with Crippen molar-refractivity contribution >= 4 is 60.2 Å². The molecule has 3 aromatic carbocycles. The first-order valence-corrected chi connectivity index (χ1v) is 11.3. The number of para-hydroxylation sites is 2. The van der Waals surface area contributed by atoms with Gasteiger partial charge >= 0.3 is 0 Å². The van der Waals surface area contributed by atoms with Gasteiger partial charge in [0.15, 0.2) is 0 Å². The molecule has 0 unspecified atom stereocenters. The summed E-state index contributed by atoms with van der Waals surface area (Å²) >= 11 is 0. The van der Waals surface area contributed by atoms with Crippen LogP contribution in [0.3, 0.4) is 0 Å². The third-order valence-corrected chi connectivity index (χ3v) is 6.86. The number of rotatable bonds is 1. The Kier molecular flexibility index (Phi) is 3.34. The van der Waals surface area contributed by atoms with Crippen LogP contribution in [0.5, 0.6) is 0 Å². The SMILES string of the molecule is c1ccc(-n2c3ccccc3c3c4c(ccc32)c2cnccc2n2c3ccncc3nc42)cc1. The van der Waals surface area contributed by atoms with Crippen molar-refractivity contribution in [3.05, 3.63) is 104 Å². The summed E-state index contributed by atoms with van der Waals surface area (Å²) in [5.74, 6) is 0. The predicted octanol–water partition coefficient (Wildman–Crippen LogP) is 6.68. The molecule has 5 heterocycles. The molecule has 0 radical (unpaired) electrons. The van der Waals surface area contributed by atoms with Crippen LogP contribution >= 0.6 is 0 Å². The molecule has 0 spiro atoms. The molecule has 0 amide bonds. The monoisotopic (exact) mass is 435 g/mol. The van der Waals surface area contributed by atoms with Gasteiger partial charge in [0.2, 0.25) is 0 Å². The highest BCUT2D eigenvalue weighted by molar-refractivity contribution is 6.29. The lowest BCUT2D eigenvalue weighted by atomic mass is 10.0. The number of benzene rings is 3. The van der Waals surface area contributed by atoms with E-state index in [9.17, 15) is 0 Å². The largest absolute Gasteiger partial charge is 0.309 e. The number of hydrogen-bond donors (Lipinski definition) is 0. The molecule has 0 aliphatic carbocycles. The Bertz CT molecular complexity index is 2070. The van der Waals surface area contributed by atoms with Crippen molar-refractivity contribution in [1.29, 1.82) is 0 Å². The molecular formula is C29H17N5. The fourth-order valence-electron chi connectivity index (χ4n) is 5.51. The summed E-state index contributed by atoms with van der Waals surface area (Å²) in [6.45, 7) is 0. The smallest absolute Gasteiger partial charge is 0.147 e. The summed E-state index contributed by atoms with van der Waals surface area (Å²) in [7, 11) is 0. The number of nitrogens with zero attached hydrogens (tertiary/aromatic N) is 5. The van der Waals surface area contributed by atoms with E-state index in [2.05, 4.69) is 91.7 Å². The van der Waals surface area contributed by atoms with Gasteiger partial charge in [0.25, 0.3) is 0 Å². The lowest BCUT2D eigenvalue weighted by Gasteiger charge is -2.11. The fraction of sp³-hybridized carbons (Fsp3) is 0. The summed E-state index contributed by atoms with van der Waals surface area (Å²) in [6.07, 6.45) is 7.48. The van der Waals surface area contributed by atoms with Gasteiger partial charge < -0.3 is 4.57 Å². The Morgan fingerprint density at radius 1 is 0.529 bits per heavy atom. The summed E-state index contributed by atoms with van der Waals surface area (Å²) in [5.41, 5.74) is 7.46. The maximum Gasteiger partial charge on any atom is 0.147 e. The average molecular weight is 435 g/mol. The Morgan fingerprint density at radius 2 is 1.32 bits per heavy atom. The molecule has 8 rings (SSSR count). The Morgan fingerprint density at radius 3 is 2.24 bits per heavy atom. The second kappa shape index (κ2) is 6.39. The molecule has 5 heteroatoms. The predicted molar refractivity (Wildman–Crippen MR) is 138 cm³/mol. The zero-order chi connectivity index (χ0) is 22.2. The van der Waals surface area contributed by atoms with Crippen LogP contribution < -0.4 is 0 Å². The quantitative estimate of drug-likeness (QED) is 0.270. The van der Waals surface area contributed by atoms with Gasteiger partial charge in [-0.1, -0.05) is 42.5 Å². The minimum atomic E-state index is 0.886. The first-order chi connectivity index (χ1) is 16.9. The van der Waals surface area contributed by atoms with Crippen molar-refractivity contribution in [3.63, 3.8) is 0 Å². The minimum Gasteiger partial charge on any atom is -0.309 e. The standard InChI is InChI=1S/C29H17N5/c1-2-6-18(7-3-1)33-23-9-5-4-8-20(23)27-26(33)11-10-19-21-16-30-14-12-24(21)34-25-13-15-31-17-22(25)32-29(34)28(19)27/h1-17H. The van der Waals surface area contributed by atoms with Crippen LogP contribution in [0.1, 0.15) is 0 Å². The fourth-order valence-corrected chi connectivity index (χ4v) is 5.51. The number of hydrogen-bond acceptors (Lipinski definition) is 3. The highest BCUT2D eigenvalue weighted by atomic mass is 15.0. The second-order valence-corrected chi connectivity index (χ2v) is 8.60. The molecule has 0 atom stereocenters. The lowest BCUT2D eigenvalue weighted by molar-refractivity contribution is 1.18. The van der Waals surface area contributed by atoms with Gasteiger partial charge in [-0.3, -0.25) is 14.4 Å². The van der Waals surface area contributed by atoms with Crippen molar-refractivity contribution in [2.75, 3.05) is 0 Å². The number of imidazole rings is 1. The highest BCUT2D eigenvalue weighted by Gasteiger charge is 2.20. The van der Waals surface area contributed by atoms with Gasteiger partial charge in [-0.25, -0.2) is 4.98 Å². The van der Waals surface area contributed by atoms with Crippen molar-refractivity contribution in [1.82, 2.24) is 23.9 Å². The van der Waals surface area contributed by atoms with E-state index in [0.717, 1.165) is 49.6 Å². The summed E-state index contributed by atoms with van der Waals surface area (Å²) in [6, 6.07) is 27.7. The third kappa shape index (κ3) is 2.16. The molecule has 158 valence electrons. The molecule has 0 aliphatic heterocycles. The van der Waals surface area contributed by atoms with Crippen LogP contribution in [0.25, 0.3) is 65.8 Å². The van der Waals surface area contributed by atoms with E-state index in [1.54, 1.807) is 0 Å². The molecule has 0 fully saturated rings. The van der Waals surface area contributed by atoms with E-state index < -0.39 is 0 Å². The number of pyridine rings is 3. The van der Waals surface area contributed by atoms with Gasteiger partial charge in [0, 0.05) is 45.8 Å². The van der Waals surface area contributed by atoms with Gasteiger partial charge in [0.05, 0.1) is 28.3 Å². The summed E-state index contributed by atoms with van der Waals surface area (Å²) in [5, 5.41) is 5.82. The normalized spacial score (nSPS) is 12.1. The van der Waals surface area contributed by atoms with E-state index in [1.165, 1.54) is 16.3 Å². The average Bonchev–Trinajstić information content (AvgIpc) is 3.45. The topological polar surface area (TPSA) is 48.0 Å². The van der Waals surface area contributed by atoms with Crippen LogP contribution in [-0.2, 0) is 0 Å². The minimum absolute atomic E-state index is 0.886. The van der Waals surface area contributed by atoms with E-state index >= 15 is 0 Å². The molecule has 34 heavy (non-hydrogen) atoms. The van der Waals surface area contributed by atoms with Gasteiger partial charge in [-0.2, -0.15) is 0 Å². The first kappa shape index (κ1) is 17.7. The van der Waals surface area contributed by atoms with Crippen molar-refractivity contribution in [2.45, 2.75) is 0 Å². The molecule has 0 saturated carbocycles. The van der Waals surface area contributed by atoms with Crippen LogP contribution in [0.4, 0.5) is 0 Å². The number of aromatic nitrogens is 5. The lowest BCUT2D eigenvalue weighted by Crippen LogP contribution is -1.94. The Balaban J connectivity index is 1.73. The molecule has 8 aromatic rings. The van der Waals surface area contributed by atoms with Crippen LogP contribution in [0, 0.1) is 0 Å². The van der Waals surface area contributed by atoms with Crippen LogP contribution in [0.15, 0.2) is 104 Å². The van der Waals surface area contributed by atoms with Gasteiger partial charge in [-0.05, 0) is 41.8 Å². The van der Waals surface area contributed by atoms with Crippen molar-refractivity contribution in [2.24, 2.45) is 0 Å². The molecule has 0 aliphatic rings. The van der Waals surface area contributed by atoms with Crippen LogP contribution in [-0.4, -0.2) is 23.9 Å². The Hall–Kier alpha value is -4.77. The maximum atomic E-state index is 5.10. The summed E-state index contributed by atoms with van der Waals surface area (Å²) in [4.78, 5) is 13.9. The second-order valence-electron chi connectivity index (χ2n) is 8.60. The van der Waals surface area contributed by atoms with E-state index in [0.29, 0.717) is 0 Å². The molecule has 0 saturated heterocycles. The molecule has 5 aromatic heterocycles. The zero-order valence-corrected chi connectivity index (χ0v) is 18.1. The first-order valence-electron chi connectivity index (χ1n) is 11.3. The molecular weight excluding hydrogens is 418 g/mol. The molecule has 0 N–H and O–H groups in total. The number of fused-ring (bicyclic) bond motifs is 12. The van der Waals surface area contributed by atoms with E-state index in [4.69, 9.17) is 4.98 Å². The zero-order valence-electron chi connectivity index (χ0n) is 18.1. The highest BCUT2D eigenvalue weighted by Crippen LogP contribution is 2.41. The Labute approximate surface area is 193 Å². The third-order valence-electron chi connectivity index (χ3n) is 6.86. The molecule has 5 nitrogen and oxygen atoms in total. The van der Waals surface area contributed by atoms with Crippen molar-refractivity contribution < 1.29 is 0 Å². The van der Waals surface area contributed by atoms with Gasteiger partial charge in [-0.15, -0.1) is 0 Å². The maximum absolute atomic E-state index is 5.10.